The topological polar surface area (TPSA) is 38.8 Å². The number of amides is 1. The van der Waals surface area contributed by atoms with Crippen molar-refractivity contribution >= 4 is 17.5 Å². The zero-order valence-electron chi connectivity index (χ0n) is 16.7. The molecule has 146 valence electrons. The van der Waals surface area contributed by atoms with Crippen LogP contribution in [0, 0.1) is 6.92 Å². The molecule has 5 heteroatoms. The van der Waals surface area contributed by atoms with Gasteiger partial charge in [-0.1, -0.05) is 37.6 Å². The van der Waals surface area contributed by atoms with Gasteiger partial charge in [-0.2, -0.15) is 0 Å². The van der Waals surface area contributed by atoms with Crippen molar-refractivity contribution in [1.82, 2.24) is 4.90 Å². The molecule has 0 atom stereocenters. The number of carbonyl (C=O) groups is 1. The molecular weight excluding hydrogens is 362 g/mol. The zero-order valence-corrected chi connectivity index (χ0v) is 17.5. The van der Waals surface area contributed by atoms with Crippen LogP contribution in [-0.4, -0.2) is 31.1 Å². The average molecular weight is 390 g/mol. The quantitative estimate of drug-likeness (QED) is 0.622. The number of rotatable bonds is 8. The van der Waals surface area contributed by atoms with E-state index in [9.17, 15) is 4.79 Å². The minimum absolute atomic E-state index is 0.00563. The molecule has 2 rings (SSSR count). The van der Waals surface area contributed by atoms with Crippen molar-refractivity contribution in [1.29, 1.82) is 0 Å². The Balaban J connectivity index is 1.98. The third kappa shape index (κ3) is 5.90. The maximum Gasteiger partial charge on any atom is 0.260 e. The summed E-state index contributed by atoms with van der Waals surface area (Å²) in [5.74, 6) is 1.73. The van der Waals surface area contributed by atoms with Crippen LogP contribution in [0.2, 0.25) is 5.02 Å². The van der Waals surface area contributed by atoms with Gasteiger partial charge in [-0.05, 0) is 60.7 Å². The molecule has 4 nitrogen and oxygen atoms in total. The minimum Gasteiger partial charge on any atom is -0.494 e. The molecule has 0 unspecified atom stereocenters. The van der Waals surface area contributed by atoms with Crippen LogP contribution < -0.4 is 9.47 Å². The monoisotopic (exact) mass is 389 g/mol. The molecule has 0 spiro atoms. The molecular formula is C22H28ClNO3. The molecule has 2 aromatic rings. The van der Waals surface area contributed by atoms with E-state index in [4.69, 9.17) is 21.1 Å². The van der Waals surface area contributed by atoms with Crippen LogP contribution in [0.1, 0.15) is 43.4 Å². The van der Waals surface area contributed by atoms with E-state index < -0.39 is 0 Å². The number of hydrogen-bond acceptors (Lipinski definition) is 3. The van der Waals surface area contributed by atoms with Crippen molar-refractivity contribution in [3.8, 4) is 11.5 Å². The number of carbonyl (C=O) groups excluding carboxylic acids is 1. The Hall–Kier alpha value is -2.20. The first-order valence-electron chi connectivity index (χ1n) is 9.20. The van der Waals surface area contributed by atoms with Gasteiger partial charge < -0.3 is 14.4 Å². The number of likely N-dealkylation sites (N-methyl/N-ethyl adjacent to an activating group) is 1. The molecule has 0 aromatic heterocycles. The van der Waals surface area contributed by atoms with Crippen molar-refractivity contribution < 1.29 is 14.3 Å². The highest BCUT2D eigenvalue weighted by atomic mass is 35.5. The fourth-order valence-electron chi connectivity index (χ4n) is 2.72. The fourth-order valence-corrected chi connectivity index (χ4v) is 2.89. The lowest BCUT2D eigenvalue weighted by molar-refractivity contribution is -0.132. The number of benzene rings is 2. The Morgan fingerprint density at radius 3 is 2.41 bits per heavy atom. The van der Waals surface area contributed by atoms with Crippen molar-refractivity contribution in [2.24, 2.45) is 0 Å². The lowest BCUT2D eigenvalue weighted by atomic mass is 10.0. The molecule has 0 aliphatic carbocycles. The SMILES string of the molecule is CCOc1ccc(CN(C)C(=O)COc2cc(C)c(Cl)cc2C(C)C)cc1. The summed E-state index contributed by atoms with van der Waals surface area (Å²) in [5, 5.41) is 0.713. The molecule has 2 aromatic carbocycles. The predicted octanol–water partition coefficient (Wildman–Crippen LogP) is 5.21. The smallest absolute Gasteiger partial charge is 0.260 e. The second-order valence-corrected chi connectivity index (χ2v) is 7.32. The molecule has 0 aliphatic rings. The Labute approximate surface area is 167 Å². The van der Waals surface area contributed by atoms with E-state index in [1.165, 1.54) is 0 Å². The van der Waals surface area contributed by atoms with Crippen molar-refractivity contribution in [2.75, 3.05) is 20.3 Å². The minimum atomic E-state index is -0.0776. The highest BCUT2D eigenvalue weighted by Crippen LogP contribution is 2.32. The van der Waals surface area contributed by atoms with Gasteiger partial charge in [-0.25, -0.2) is 0 Å². The van der Waals surface area contributed by atoms with Crippen LogP contribution in [0.25, 0.3) is 0 Å². The average Bonchev–Trinajstić information content (AvgIpc) is 2.63. The lowest BCUT2D eigenvalue weighted by Crippen LogP contribution is -2.31. The van der Waals surface area contributed by atoms with Gasteiger partial charge in [-0.15, -0.1) is 0 Å². The summed E-state index contributed by atoms with van der Waals surface area (Å²) >= 11 is 6.22. The van der Waals surface area contributed by atoms with Crippen molar-refractivity contribution in [3.05, 3.63) is 58.1 Å². The number of hydrogen-bond donors (Lipinski definition) is 0. The fraction of sp³-hybridized carbons (Fsp3) is 0.409. The Morgan fingerprint density at radius 1 is 1.15 bits per heavy atom. The maximum absolute atomic E-state index is 12.5. The van der Waals surface area contributed by atoms with Gasteiger partial charge in [0.05, 0.1) is 6.61 Å². The summed E-state index contributed by atoms with van der Waals surface area (Å²) in [5.41, 5.74) is 2.98. The van der Waals surface area contributed by atoms with Gasteiger partial charge in [0.25, 0.3) is 5.91 Å². The van der Waals surface area contributed by atoms with E-state index in [0.29, 0.717) is 18.2 Å². The van der Waals surface area contributed by atoms with E-state index in [1.54, 1.807) is 11.9 Å². The van der Waals surface area contributed by atoms with Crippen LogP contribution in [0.5, 0.6) is 11.5 Å². The summed E-state index contributed by atoms with van der Waals surface area (Å²) in [7, 11) is 1.78. The summed E-state index contributed by atoms with van der Waals surface area (Å²) in [4.78, 5) is 14.1. The van der Waals surface area contributed by atoms with Crippen LogP contribution >= 0.6 is 11.6 Å². The largest absolute Gasteiger partial charge is 0.494 e. The van der Waals surface area contributed by atoms with Gasteiger partial charge in [-0.3, -0.25) is 4.79 Å². The first kappa shape index (κ1) is 21.1. The predicted molar refractivity (Wildman–Crippen MR) is 110 cm³/mol. The molecule has 0 saturated carbocycles. The summed E-state index contributed by atoms with van der Waals surface area (Å²) in [6.07, 6.45) is 0. The first-order valence-corrected chi connectivity index (χ1v) is 9.58. The van der Waals surface area contributed by atoms with Crippen LogP contribution in [-0.2, 0) is 11.3 Å². The van der Waals surface area contributed by atoms with Crippen LogP contribution in [0.15, 0.2) is 36.4 Å². The summed E-state index contributed by atoms with van der Waals surface area (Å²) < 4.78 is 11.3. The second kappa shape index (κ2) is 9.65. The van der Waals surface area contributed by atoms with Gasteiger partial charge in [0.1, 0.15) is 11.5 Å². The molecule has 0 saturated heterocycles. The highest BCUT2D eigenvalue weighted by Gasteiger charge is 2.15. The van der Waals surface area contributed by atoms with Gasteiger partial charge in [0.2, 0.25) is 0 Å². The summed E-state index contributed by atoms with van der Waals surface area (Å²) in [6.45, 7) is 9.19. The second-order valence-electron chi connectivity index (χ2n) is 6.91. The van der Waals surface area contributed by atoms with Gasteiger partial charge in [0.15, 0.2) is 6.61 Å². The highest BCUT2D eigenvalue weighted by molar-refractivity contribution is 6.31. The molecule has 0 aliphatic heterocycles. The first-order chi connectivity index (χ1) is 12.8. The van der Waals surface area contributed by atoms with Crippen LogP contribution in [0.4, 0.5) is 0 Å². The molecule has 0 fully saturated rings. The summed E-state index contributed by atoms with van der Waals surface area (Å²) in [6, 6.07) is 11.6. The standard InChI is InChI=1S/C22H28ClNO3/c1-6-26-18-9-7-17(8-10-18)13-24(5)22(25)14-27-21-11-16(4)20(23)12-19(21)15(2)3/h7-12,15H,6,13-14H2,1-5H3. The Morgan fingerprint density at radius 2 is 1.81 bits per heavy atom. The maximum atomic E-state index is 12.5. The Bertz CT molecular complexity index is 772. The number of nitrogens with zero attached hydrogens (tertiary/aromatic N) is 1. The lowest BCUT2D eigenvalue weighted by Gasteiger charge is -2.20. The molecule has 0 radical (unpaired) electrons. The van der Waals surface area contributed by atoms with E-state index >= 15 is 0 Å². The van der Waals surface area contributed by atoms with Gasteiger partial charge in [0, 0.05) is 18.6 Å². The van der Waals surface area contributed by atoms with E-state index in [2.05, 4.69) is 13.8 Å². The molecule has 1 amide bonds. The van der Waals surface area contributed by atoms with Gasteiger partial charge >= 0.3 is 0 Å². The number of halogens is 1. The van der Waals surface area contributed by atoms with Crippen molar-refractivity contribution in [3.63, 3.8) is 0 Å². The molecule has 0 bridgehead atoms. The normalized spacial score (nSPS) is 10.8. The van der Waals surface area contributed by atoms with Crippen molar-refractivity contribution in [2.45, 2.75) is 40.2 Å². The zero-order chi connectivity index (χ0) is 20.0. The third-order valence-corrected chi connectivity index (χ3v) is 4.75. The van der Waals surface area contributed by atoms with Crippen LogP contribution in [0.3, 0.4) is 0 Å². The third-order valence-electron chi connectivity index (χ3n) is 4.34. The molecule has 27 heavy (non-hydrogen) atoms. The van der Waals surface area contributed by atoms with E-state index in [-0.39, 0.29) is 18.4 Å². The van der Waals surface area contributed by atoms with E-state index in [0.717, 1.165) is 28.2 Å². The molecule has 0 N–H and O–H groups in total. The number of aryl methyl sites for hydroxylation is 1. The molecule has 0 heterocycles. The Kier molecular flexibility index (Phi) is 7.55. The van der Waals surface area contributed by atoms with E-state index in [1.807, 2.05) is 50.2 Å². The number of ether oxygens (including phenoxy) is 2.